The van der Waals surface area contributed by atoms with E-state index in [-0.39, 0.29) is 10.9 Å². The molecular weight excluding hydrogens is 324 g/mol. The van der Waals surface area contributed by atoms with E-state index in [0.717, 1.165) is 11.5 Å². The molecule has 4 nitrogen and oxygen atoms in total. The zero-order valence-corrected chi connectivity index (χ0v) is 12.7. The highest BCUT2D eigenvalue weighted by atomic mass is 32.1. The zero-order valence-electron chi connectivity index (χ0n) is 10.2. The van der Waals surface area contributed by atoms with E-state index in [1.807, 2.05) is 0 Å². The average Bonchev–Trinajstić information content (AvgIpc) is 2.93. The molecule has 7 heteroatoms. The summed E-state index contributed by atoms with van der Waals surface area (Å²) in [5.41, 5.74) is -0.298. The fourth-order valence-corrected chi connectivity index (χ4v) is 5.45. The number of fused-ring (bicyclic) bond motifs is 2. The predicted octanol–water partition coefficient (Wildman–Crippen LogP) is 2.89. The van der Waals surface area contributed by atoms with Gasteiger partial charge in [-0.05, 0) is 11.5 Å². The van der Waals surface area contributed by atoms with Crippen molar-refractivity contribution in [3.8, 4) is 6.07 Å². The fourth-order valence-electron chi connectivity index (χ4n) is 2.21. The summed E-state index contributed by atoms with van der Waals surface area (Å²) in [6.07, 6.45) is 0. The smallest absolute Gasteiger partial charge is 0.205 e. The molecule has 4 rings (SSSR count). The highest BCUT2D eigenvalue weighted by Crippen LogP contribution is 2.29. The molecule has 0 atom stereocenters. The van der Waals surface area contributed by atoms with Crippen LogP contribution in [0.1, 0.15) is 4.88 Å². The highest BCUT2D eigenvalue weighted by Gasteiger charge is 2.13. The zero-order chi connectivity index (χ0) is 14.6. The van der Waals surface area contributed by atoms with Gasteiger partial charge in [0, 0.05) is 10.8 Å². The lowest BCUT2D eigenvalue weighted by molar-refractivity contribution is 1.53. The summed E-state index contributed by atoms with van der Waals surface area (Å²) >= 11 is 3.47. The van der Waals surface area contributed by atoms with E-state index in [2.05, 4.69) is 10.4 Å². The van der Waals surface area contributed by atoms with Crippen LogP contribution in [0, 0.1) is 20.4 Å². The Morgan fingerprint density at radius 3 is 2.24 bits per heavy atom. The van der Waals surface area contributed by atoms with Crippen LogP contribution in [0.2, 0.25) is 0 Å². The number of hydrogen-bond acceptors (Lipinski definition) is 7. The largest absolute Gasteiger partial charge is 0.288 e. The maximum atomic E-state index is 12.6. The minimum Gasteiger partial charge on any atom is -0.288 e. The molecule has 2 aliphatic rings. The minimum absolute atomic E-state index is 0.144. The van der Waals surface area contributed by atoms with Gasteiger partial charge in [-0.15, -0.1) is 22.7 Å². The first kappa shape index (κ1) is 12.6. The van der Waals surface area contributed by atoms with Gasteiger partial charge in [0.25, 0.3) is 0 Å². The van der Waals surface area contributed by atoms with Crippen LogP contribution < -0.4 is 10.9 Å². The second kappa shape index (κ2) is 4.43. The molecule has 100 valence electrons. The Kier molecular flexibility index (Phi) is 2.65. The summed E-state index contributed by atoms with van der Waals surface area (Å²) in [5.74, 6) is 0. The molecule has 0 saturated heterocycles. The molecule has 2 heterocycles. The summed E-state index contributed by atoms with van der Waals surface area (Å²) in [6.45, 7) is 0. The van der Waals surface area contributed by atoms with Gasteiger partial charge in [0.15, 0.2) is 0 Å². The van der Waals surface area contributed by atoms with Gasteiger partial charge in [-0.25, -0.2) is 0 Å². The molecule has 1 aliphatic heterocycles. The maximum Gasteiger partial charge on any atom is 0.205 e. The summed E-state index contributed by atoms with van der Waals surface area (Å²) in [5, 5.41) is 9.95. The van der Waals surface area contributed by atoms with Gasteiger partial charge >= 0.3 is 0 Å². The number of benzene rings is 1. The third kappa shape index (κ3) is 1.67. The summed E-state index contributed by atoms with van der Waals surface area (Å²) in [7, 11) is 0. The number of nitrogens with zero attached hydrogens (tertiary/aromatic N) is 2. The quantitative estimate of drug-likeness (QED) is 0.497. The molecule has 0 fully saturated rings. The van der Waals surface area contributed by atoms with Crippen LogP contribution in [-0.2, 0) is 0 Å². The van der Waals surface area contributed by atoms with E-state index in [0.29, 0.717) is 34.2 Å². The monoisotopic (exact) mass is 328 g/mol. The number of hydrogen-bond donors (Lipinski definition) is 0. The van der Waals surface area contributed by atoms with Crippen molar-refractivity contribution in [1.29, 1.82) is 5.26 Å². The molecule has 0 N–H and O–H groups in total. The fraction of sp³-hybridized carbons (Fsp3) is 0. The van der Waals surface area contributed by atoms with Crippen LogP contribution >= 0.6 is 34.2 Å². The average molecular weight is 328 g/mol. The molecule has 0 amide bonds. The van der Waals surface area contributed by atoms with Crippen LogP contribution in [0.4, 0.5) is 0 Å². The lowest BCUT2D eigenvalue weighted by atomic mass is 10.1. The Labute approximate surface area is 129 Å². The predicted molar refractivity (Wildman–Crippen MR) is 85.4 cm³/mol. The second-order valence-corrected chi connectivity index (χ2v) is 7.12. The Hall–Kier alpha value is -2.14. The van der Waals surface area contributed by atoms with Crippen LogP contribution in [0.3, 0.4) is 0 Å². The highest BCUT2D eigenvalue weighted by molar-refractivity contribution is 7.29. The van der Waals surface area contributed by atoms with Crippen molar-refractivity contribution in [3.63, 3.8) is 0 Å². The number of rotatable bonds is 0. The summed E-state index contributed by atoms with van der Waals surface area (Å²) in [6, 6.07) is 8.90. The topological polar surface area (TPSA) is 70.8 Å². The summed E-state index contributed by atoms with van der Waals surface area (Å²) < 4.78 is 5.72. The summed E-state index contributed by atoms with van der Waals surface area (Å²) in [4.78, 5) is 26.3. The van der Waals surface area contributed by atoms with Crippen molar-refractivity contribution in [2.45, 2.75) is 0 Å². The Bertz CT molecular complexity index is 1240. The van der Waals surface area contributed by atoms with Crippen molar-refractivity contribution < 1.29 is 0 Å². The van der Waals surface area contributed by atoms with Crippen LogP contribution in [-0.4, -0.2) is 4.37 Å². The van der Waals surface area contributed by atoms with Crippen LogP contribution in [0.5, 0.6) is 0 Å². The van der Waals surface area contributed by atoms with Gasteiger partial charge in [0.2, 0.25) is 10.9 Å². The van der Waals surface area contributed by atoms with Gasteiger partial charge in [-0.3, -0.25) is 9.59 Å². The van der Waals surface area contributed by atoms with Gasteiger partial charge in [-0.2, -0.15) is 9.64 Å². The molecule has 2 aromatic rings. The third-order valence-electron chi connectivity index (χ3n) is 3.16. The van der Waals surface area contributed by atoms with E-state index in [1.54, 1.807) is 24.3 Å². The van der Waals surface area contributed by atoms with E-state index < -0.39 is 0 Å². The van der Waals surface area contributed by atoms with Crippen molar-refractivity contribution in [3.05, 3.63) is 58.7 Å². The molecule has 1 aromatic heterocycles. The standard InChI is InChI=1S/C14H4N2O2S3/c15-5-8-11-14(16-21-8)20-13-10(18)7-4-2-1-3-6(7)9(17)12(13)19-11/h1-4H. The Balaban J connectivity index is 2.42. The molecule has 0 spiro atoms. The van der Waals surface area contributed by atoms with E-state index in [4.69, 9.17) is 5.26 Å². The maximum absolute atomic E-state index is 12.6. The van der Waals surface area contributed by atoms with Gasteiger partial charge in [0.1, 0.15) is 15.8 Å². The van der Waals surface area contributed by atoms with E-state index in [9.17, 15) is 9.59 Å². The number of aromatic nitrogens is 1. The lowest BCUT2D eigenvalue weighted by Crippen LogP contribution is -2.13. The van der Waals surface area contributed by atoms with Crippen LogP contribution in [0.25, 0.3) is 20.3 Å². The Morgan fingerprint density at radius 2 is 1.62 bits per heavy atom. The first-order chi connectivity index (χ1) is 10.2. The SMILES string of the molecule is N#Cc1snc2sc3c(=O)c4ccccc4c(=O)c=3sc12. The first-order valence-electron chi connectivity index (χ1n) is 5.89. The van der Waals surface area contributed by atoms with Crippen molar-refractivity contribution >= 4 is 54.5 Å². The van der Waals surface area contributed by atoms with Gasteiger partial charge < -0.3 is 0 Å². The normalized spacial score (nSPS) is 11.2. The molecule has 21 heavy (non-hydrogen) atoms. The molecular formula is C14H4N2O2S3. The molecule has 1 aromatic carbocycles. The van der Waals surface area contributed by atoms with Gasteiger partial charge in [-0.1, -0.05) is 24.3 Å². The number of nitriles is 1. The lowest BCUT2D eigenvalue weighted by Gasteiger charge is -1.97. The van der Waals surface area contributed by atoms with E-state index >= 15 is 0 Å². The molecule has 0 unspecified atom stereocenters. The van der Waals surface area contributed by atoms with E-state index in [1.165, 1.54) is 22.7 Å². The van der Waals surface area contributed by atoms with Crippen molar-refractivity contribution in [1.82, 2.24) is 4.37 Å². The molecule has 0 radical (unpaired) electrons. The third-order valence-corrected chi connectivity index (χ3v) is 6.69. The van der Waals surface area contributed by atoms with Gasteiger partial charge in [0.05, 0.1) is 13.8 Å². The van der Waals surface area contributed by atoms with Crippen LogP contribution in [0.15, 0.2) is 33.9 Å². The van der Waals surface area contributed by atoms with Crippen molar-refractivity contribution in [2.75, 3.05) is 0 Å². The second-order valence-electron chi connectivity index (χ2n) is 4.32. The molecule has 0 bridgehead atoms. The molecule has 1 aliphatic carbocycles. The first-order valence-corrected chi connectivity index (χ1v) is 8.29. The Morgan fingerprint density at radius 1 is 1.00 bits per heavy atom. The molecule has 0 saturated carbocycles. The minimum atomic E-state index is -0.154. The van der Waals surface area contributed by atoms with Crippen molar-refractivity contribution in [2.24, 2.45) is 0 Å².